The summed E-state index contributed by atoms with van der Waals surface area (Å²) in [6.07, 6.45) is 3.15. The van der Waals surface area contributed by atoms with Crippen LogP contribution in [0.5, 0.6) is 0 Å². The number of rotatable bonds is 10. The van der Waals surface area contributed by atoms with Gasteiger partial charge in [0.25, 0.3) is 5.91 Å². The smallest absolute Gasteiger partial charge is 0.255 e. The zero-order chi connectivity index (χ0) is 25.3. The quantitative estimate of drug-likeness (QED) is 0.440. The standard InChI is InChI=1S/C26H32FN3O4S/c1-5-29(6-2)13-14-30(35(4,32)33)22-16-23-21(15-20(22)17-7-8-17)24(26(31)28-3)25(34-23)18-9-11-19(27)12-10-18/h9-12,15-17H,5-8,13-14H2,1-4H3,(H,28,31). The van der Waals surface area contributed by atoms with Gasteiger partial charge in [-0.15, -0.1) is 0 Å². The molecular formula is C26H32FN3O4S. The summed E-state index contributed by atoms with van der Waals surface area (Å²) in [7, 11) is -2.02. The molecule has 7 nitrogen and oxygen atoms in total. The van der Waals surface area contributed by atoms with E-state index in [2.05, 4.69) is 24.1 Å². The molecule has 4 rings (SSSR count). The highest BCUT2D eigenvalue weighted by Crippen LogP contribution is 2.48. The lowest BCUT2D eigenvalue weighted by molar-refractivity contribution is 0.0964. The van der Waals surface area contributed by atoms with Crippen molar-refractivity contribution >= 4 is 32.6 Å². The normalized spacial score (nSPS) is 14.0. The van der Waals surface area contributed by atoms with Crippen LogP contribution in [0.4, 0.5) is 10.1 Å². The number of nitrogens with one attached hydrogen (secondary N) is 1. The van der Waals surface area contributed by atoms with Crippen LogP contribution in [0, 0.1) is 5.82 Å². The molecular weight excluding hydrogens is 469 g/mol. The minimum atomic E-state index is -3.56. The van der Waals surface area contributed by atoms with Crippen LogP contribution < -0.4 is 9.62 Å². The maximum atomic E-state index is 13.5. The summed E-state index contributed by atoms with van der Waals surface area (Å²) in [6.45, 7) is 6.69. The Morgan fingerprint density at radius 2 is 1.77 bits per heavy atom. The topological polar surface area (TPSA) is 82.9 Å². The van der Waals surface area contributed by atoms with Crippen LogP contribution in [-0.4, -0.2) is 58.7 Å². The van der Waals surface area contributed by atoms with Gasteiger partial charge in [0.05, 0.1) is 17.5 Å². The number of hydrogen-bond donors (Lipinski definition) is 1. The Morgan fingerprint density at radius 3 is 2.31 bits per heavy atom. The summed E-state index contributed by atoms with van der Waals surface area (Å²) < 4.78 is 47.0. The second-order valence-corrected chi connectivity index (χ2v) is 10.8. The third kappa shape index (κ3) is 5.21. The first-order chi connectivity index (χ1) is 16.7. The molecule has 1 amide bonds. The molecule has 1 saturated carbocycles. The number of carbonyl (C=O) groups is 1. The van der Waals surface area contributed by atoms with Gasteiger partial charge in [0.15, 0.2) is 0 Å². The predicted octanol–water partition coefficient (Wildman–Crippen LogP) is 4.58. The zero-order valence-corrected chi connectivity index (χ0v) is 21.4. The molecule has 35 heavy (non-hydrogen) atoms. The monoisotopic (exact) mass is 501 g/mol. The molecule has 188 valence electrons. The van der Waals surface area contributed by atoms with Crippen LogP contribution in [0.1, 0.15) is 48.5 Å². The first-order valence-electron chi connectivity index (χ1n) is 12.0. The second-order valence-electron chi connectivity index (χ2n) is 8.94. The number of nitrogens with zero attached hydrogens (tertiary/aromatic N) is 2. The van der Waals surface area contributed by atoms with Gasteiger partial charge in [-0.2, -0.15) is 0 Å². The number of furan rings is 1. The molecule has 0 spiro atoms. The first kappa shape index (κ1) is 25.2. The van der Waals surface area contributed by atoms with E-state index < -0.39 is 10.0 Å². The van der Waals surface area contributed by atoms with Crippen molar-refractivity contribution in [2.24, 2.45) is 0 Å². The lowest BCUT2D eigenvalue weighted by Gasteiger charge is -2.28. The first-order valence-corrected chi connectivity index (χ1v) is 13.8. The summed E-state index contributed by atoms with van der Waals surface area (Å²) in [6, 6.07) is 9.40. The number of hydrogen-bond acceptors (Lipinski definition) is 5. The Hall–Kier alpha value is -2.91. The van der Waals surface area contributed by atoms with Crippen molar-refractivity contribution in [3.05, 3.63) is 53.3 Å². The molecule has 0 aliphatic heterocycles. The average Bonchev–Trinajstić information content (AvgIpc) is 3.61. The van der Waals surface area contributed by atoms with Gasteiger partial charge in [-0.3, -0.25) is 9.10 Å². The molecule has 1 aliphatic rings. The van der Waals surface area contributed by atoms with Crippen LogP contribution in [0.2, 0.25) is 0 Å². The maximum absolute atomic E-state index is 13.5. The lowest BCUT2D eigenvalue weighted by atomic mass is 10.0. The number of fused-ring (bicyclic) bond motifs is 1. The van der Waals surface area contributed by atoms with Crippen LogP contribution >= 0.6 is 0 Å². The Bertz CT molecular complexity index is 1330. The van der Waals surface area contributed by atoms with Gasteiger partial charge in [0.1, 0.15) is 17.2 Å². The van der Waals surface area contributed by atoms with E-state index >= 15 is 0 Å². The molecule has 0 saturated heterocycles. The molecule has 0 unspecified atom stereocenters. The molecule has 1 aromatic heterocycles. The minimum Gasteiger partial charge on any atom is -0.455 e. The molecule has 1 aliphatic carbocycles. The van der Waals surface area contributed by atoms with E-state index in [0.717, 1.165) is 31.5 Å². The highest BCUT2D eigenvalue weighted by atomic mass is 32.2. The van der Waals surface area contributed by atoms with Gasteiger partial charge >= 0.3 is 0 Å². The Balaban J connectivity index is 1.91. The van der Waals surface area contributed by atoms with E-state index in [1.54, 1.807) is 25.2 Å². The fraction of sp³-hybridized carbons (Fsp3) is 0.423. The van der Waals surface area contributed by atoms with Gasteiger partial charge in [0, 0.05) is 37.2 Å². The molecule has 1 N–H and O–H groups in total. The van der Waals surface area contributed by atoms with Gasteiger partial charge < -0.3 is 14.6 Å². The van der Waals surface area contributed by atoms with E-state index in [9.17, 15) is 17.6 Å². The van der Waals surface area contributed by atoms with Crippen LogP contribution in [0.15, 0.2) is 40.8 Å². The molecule has 1 fully saturated rings. The lowest BCUT2D eigenvalue weighted by Crippen LogP contribution is -2.38. The Labute approximate surface area is 205 Å². The zero-order valence-electron chi connectivity index (χ0n) is 20.6. The summed E-state index contributed by atoms with van der Waals surface area (Å²) in [5.74, 6) is -0.151. The predicted molar refractivity (Wildman–Crippen MR) is 137 cm³/mol. The number of anilines is 1. The van der Waals surface area contributed by atoms with Crippen molar-refractivity contribution in [3.8, 4) is 11.3 Å². The second kappa shape index (κ2) is 9.99. The highest BCUT2D eigenvalue weighted by molar-refractivity contribution is 7.92. The fourth-order valence-electron chi connectivity index (χ4n) is 4.48. The fourth-order valence-corrected chi connectivity index (χ4v) is 5.41. The summed E-state index contributed by atoms with van der Waals surface area (Å²) in [4.78, 5) is 15.1. The van der Waals surface area contributed by atoms with Crippen LogP contribution in [0.25, 0.3) is 22.3 Å². The van der Waals surface area contributed by atoms with E-state index in [4.69, 9.17) is 4.42 Å². The number of amides is 1. The molecule has 9 heteroatoms. The van der Waals surface area contributed by atoms with Crippen molar-refractivity contribution in [3.63, 3.8) is 0 Å². The van der Waals surface area contributed by atoms with Crippen molar-refractivity contribution in [1.29, 1.82) is 0 Å². The van der Waals surface area contributed by atoms with Gasteiger partial charge in [-0.05, 0) is 67.7 Å². The SMILES string of the molecule is CCN(CC)CCN(c1cc2oc(-c3ccc(F)cc3)c(C(=O)NC)c2cc1C1CC1)S(C)(=O)=O. The molecule has 1 heterocycles. The minimum absolute atomic E-state index is 0.230. The van der Waals surface area contributed by atoms with Crippen molar-refractivity contribution < 1.29 is 22.0 Å². The van der Waals surface area contributed by atoms with E-state index in [1.165, 1.54) is 22.7 Å². The van der Waals surface area contributed by atoms with Gasteiger partial charge in [-0.25, -0.2) is 12.8 Å². The largest absolute Gasteiger partial charge is 0.455 e. The van der Waals surface area contributed by atoms with Crippen molar-refractivity contribution in [2.75, 3.05) is 43.8 Å². The van der Waals surface area contributed by atoms with Crippen molar-refractivity contribution in [1.82, 2.24) is 10.2 Å². The van der Waals surface area contributed by atoms with E-state index in [1.807, 2.05) is 6.07 Å². The van der Waals surface area contributed by atoms with E-state index in [0.29, 0.717) is 46.6 Å². The molecule has 0 atom stereocenters. The summed E-state index contributed by atoms with van der Waals surface area (Å²) in [5, 5.41) is 3.28. The molecule has 3 aromatic rings. The highest BCUT2D eigenvalue weighted by Gasteiger charge is 2.33. The number of sulfonamides is 1. The number of carbonyl (C=O) groups excluding carboxylic acids is 1. The molecule has 0 radical (unpaired) electrons. The van der Waals surface area contributed by atoms with Crippen LogP contribution in [-0.2, 0) is 10.0 Å². The van der Waals surface area contributed by atoms with E-state index in [-0.39, 0.29) is 17.6 Å². The third-order valence-corrected chi connectivity index (χ3v) is 7.78. The van der Waals surface area contributed by atoms with Gasteiger partial charge in [-0.1, -0.05) is 13.8 Å². The maximum Gasteiger partial charge on any atom is 0.255 e. The number of benzene rings is 2. The Morgan fingerprint density at radius 1 is 1.11 bits per heavy atom. The molecule has 0 bridgehead atoms. The average molecular weight is 502 g/mol. The number of halogens is 1. The molecule has 2 aromatic carbocycles. The third-order valence-electron chi connectivity index (χ3n) is 6.60. The Kier molecular flexibility index (Phi) is 7.19. The number of likely N-dealkylation sites (N-methyl/N-ethyl adjacent to an activating group) is 1. The van der Waals surface area contributed by atoms with Gasteiger partial charge in [0.2, 0.25) is 10.0 Å². The summed E-state index contributed by atoms with van der Waals surface area (Å²) in [5.41, 5.74) is 2.84. The van der Waals surface area contributed by atoms with Crippen LogP contribution in [0.3, 0.4) is 0 Å². The summed E-state index contributed by atoms with van der Waals surface area (Å²) >= 11 is 0. The van der Waals surface area contributed by atoms with Crippen molar-refractivity contribution in [2.45, 2.75) is 32.6 Å².